The van der Waals surface area contributed by atoms with E-state index in [1.165, 1.54) is 30.6 Å². The number of thiophene rings is 1. The molecule has 1 amide bonds. The third-order valence-corrected chi connectivity index (χ3v) is 4.85. The van der Waals surface area contributed by atoms with E-state index in [9.17, 15) is 4.79 Å². The summed E-state index contributed by atoms with van der Waals surface area (Å²) in [7, 11) is 0. The van der Waals surface area contributed by atoms with E-state index < -0.39 is 0 Å². The highest BCUT2D eigenvalue weighted by atomic mass is 32.1. The second-order valence-corrected chi connectivity index (χ2v) is 6.61. The van der Waals surface area contributed by atoms with Crippen molar-refractivity contribution in [1.82, 2.24) is 5.32 Å². The maximum Gasteiger partial charge on any atom is 0.263 e. The molecule has 2 unspecified atom stereocenters. The van der Waals surface area contributed by atoms with Crippen LogP contribution in [-0.2, 0) is 0 Å². The third kappa shape index (κ3) is 3.76. The number of amides is 1. The van der Waals surface area contributed by atoms with Crippen LogP contribution in [0.4, 0.5) is 10.7 Å². The molecule has 1 aromatic rings. The largest absolute Gasteiger partial charge is 0.397 e. The second kappa shape index (κ2) is 6.79. The molecule has 0 bridgehead atoms. The van der Waals surface area contributed by atoms with Gasteiger partial charge in [-0.1, -0.05) is 19.4 Å². The van der Waals surface area contributed by atoms with Crippen LogP contribution < -0.4 is 16.4 Å². The number of nitrogen functional groups attached to an aromatic ring is 1. The first-order valence-corrected chi connectivity index (χ1v) is 7.94. The SMILES string of the molecule is C=CCNC(=O)c1sc(NCC2CCC(C)C2)cc1N. The van der Waals surface area contributed by atoms with Crippen molar-refractivity contribution < 1.29 is 4.79 Å². The van der Waals surface area contributed by atoms with Crippen LogP contribution in [0.15, 0.2) is 18.7 Å². The second-order valence-electron chi connectivity index (χ2n) is 5.56. The summed E-state index contributed by atoms with van der Waals surface area (Å²) in [6, 6.07) is 1.85. The summed E-state index contributed by atoms with van der Waals surface area (Å²) in [4.78, 5) is 12.5. The minimum atomic E-state index is -0.130. The van der Waals surface area contributed by atoms with Gasteiger partial charge in [0.2, 0.25) is 0 Å². The predicted molar refractivity (Wildman–Crippen MR) is 86.3 cm³/mol. The molecule has 4 N–H and O–H groups in total. The Kier molecular flexibility index (Phi) is 5.06. The first-order valence-electron chi connectivity index (χ1n) is 7.12. The first kappa shape index (κ1) is 14.9. The van der Waals surface area contributed by atoms with Gasteiger partial charge in [-0.3, -0.25) is 4.79 Å². The number of hydrogen-bond acceptors (Lipinski definition) is 4. The van der Waals surface area contributed by atoms with Crippen molar-refractivity contribution in [3.05, 3.63) is 23.6 Å². The lowest BCUT2D eigenvalue weighted by molar-refractivity contribution is 0.0963. The lowest BCUT2D eigenvalue weighted by Gasteiger charge is -2.10. The number of carbonyl (C=O) groups excluding carboxylic acids is 1. The van der Waals surface area contributed by atoms with Crippen molar-refractivity contribution in [2.75, 3.05) is 24.1 Å². The number of rotatable bonds is 6. The molecule has 2 atom stereocenters. The molecule has 1 aliphatic rings. The monoisotopic (exact) mass is 293 g/mol. The van der Waals surface area contributed by atoms with Gasteiger partial charge >= 0.3 is 0 Å². The fraction of sp³-hybridized carbons (Fsp3) is 0.533. The normalized spacial score (nSPS) is 21.6. The molecule has 0 saturated heterocycles. The molecule has 0 spiro atoms. The van der Waals surface area contributed by atoms with Gasteiger partial charge in [0.15, 0.2) is 0 Å². The van der Waals surface area contributed by atoms with Crippen molar-refractivity contribution in [3.63, 3.8) is 0 Å². The van der Waals surface area contributed by atoms with E-state index in [-0.39, 0.29) is 5.91 Å². The molecule has 5 heteroatoms. The van der Waals surface area contributed by atoms with Crippen molar-refractivity contribution in [2.45, 2.75) is 26.2 Å². The van der Waals surface area contributed by atoms with Crippen LogP contribution in [0.5, 0.6) is 0 Å². The molecule has 0 aromatic carbocycles. The lowest BCUT2D eigenvalue weighted by Crippen LogP contribution is -2.22. The van der Waals surface area contributed by atoms with Crippen LogP contribution in [0, 0.1) is 11.8 Å². The Morgan fingerprint density at radius 3 is 3.05 bits per heavy atom. The Morgan fingerprint density at radius 2 is 2.40 bits per heavy atom. The highest BCUT2D eigenvalue weighted by Gasteiger charge is 2.21. The van der Waals surface area contributed by atoms with E-state index in [1.54, 1.807) is 6.08 Å². The van der Waals surface area contributed by atoms with E-state index in [0.717, 1.165) is 23.4 Å². The van der Waals surface area contributed by atoms with E-state index in [1.807, 2.05) is 6.07 Å². The fourth-order valence-electron chi connectivity index (χ4n) is 2.67. The maximum absolute atomic E-state index is 11.9. The minimum absolute atomic E-state index is 0.130. The van der Waals surface area contributed by atoms with E-state index in [0.29, 0.717) is 17.1 Å². The van der Waals surface area contributed by atoms with Crippen LogP contribution in [0.25, 0.3) is 0 Å². The first-order chi connectivity index (χ1) is 9.60. The molecule has 110 valence electrons. The van der Waals surface area contributed by atoms with Gasteiger partial charge in [0, 0.05) is 13.1 Å². The Morgan fingerprint density at radius 1 is 1.60 bits per heavy atom. The standard InChI is InChI=1S/C15H23N3OS/c1-3-6-17-15(19)14-12(16)8-13(20-14)18-9-11-5-4-10(2)7-11/h3,8,10-11,18H,1,4-7,9,16H2,2H3,(H,17,19). The van der Waals surface area contributed by atoms with Crippen molar-refractivity contribution in [2.24, 2.45) is 11.8 Å². The zero-order valence-electron chi connectivity index (χ0n) is 11.9. The van der Waals surface area contributed by atoms with Gasteiger partial charge in [0.05, 0.1) is 10.7 Å². The highest BCUT2D eigenvalue weighted by Crippen LogP contribution is 2.33. The van der Waals surface area contributed by atoms with Gasteiger partial charge in [0.25, 0.3) is 5.91 Å². The smallest absolute Gasteiger partial charge is 0.263 e. The van der Waals surface area contributed by atoms with Crippen LogP contribution in [0.3, 0.4) is 0 Å². The lowest BCUT2D eigenvalue weighted by atomic mass is 10.1. The summed E-state index contributed by atoms with van der Waals surface area (Å²) in [5, 5.41) is 7.15. The van der Waals surface area contributed by atoms with Crippen molar-refractivity contribution in [3.8, 4) is 0 Å². The number of nitrogens with two attached hydrogens (primary N) is 1. The minimum Gasteiger partial charge on any atom is -0.397 e. The van der Waals surface area contributed by atoms with Gasteiger partial charge in [-0.15, -0.1) is 17.9 Å². The topological polar surface area (TPSA) is 67.2 Å². The summed E-state index contributed by atoms with van der Waals surface area (Å²) >= 11 is 1.42. The number of nitrogens with one attached hydrogen (secondary N) is 2. The summed E-state index contributed by atoms with van der Waals surface area (Å²) in [5.41, 5.74) is 6.44. The highest BCUT2D eigenvalue weighted by molar-refractivity contribution is 7.18. The molecule has 20 heavy (non-hydrogen) atoms. The molecule has 4 nitrogen and oxygen atoms in total. The van der Waals surface area contributed by atoms with Crippen LogP contribution in [0.2, 0.25) is 0 Å². The van der Waals surface area contributed by atoms with Gasteiger partial charge in [-0.2, -0.15) is 0 Å². The average Bonchev–Trinajstić information content (AvgIpc) is 2.99. The van der Waals surface area contributed by atoms with Crippen molar-refractivity contribution in [1.29, 1.82) is 0 Å². The van der Waals surface area contributed by atoms with Gasteiger partial charge < -0.3 is 16.4 Å². The van der Waals surface area contributed by atoms with E-state index in [2.05, 4.69) is 24.1 Å². The summed E-state index contributed by atoms with van der Waals surface area (Å²) in [6.07, 6.45) is 5.57. The summed E-state index contributed by atoms with van der Waals surface area (Å²) < 4.78 is 0. The van der Waals surface area contributed by atoms with E-state index >= 15 is 0 Å². The molecule has 1 heterocycles. The Labute approximate surface area is 124 Å². The molecule has 1 saturated carbocycles. The molecule has 0 radical (unpaired) electrons. The molecular weight excluding hydrogens is 270 g/mol. The number of anilines is 2. The summed E-state index contributed by atoms with van der Waals surface area (Å²) in [6.45, 7) is 7.32. The molecule has 1 fully saturated rings. The van der Waals surface area contributed by atoms with Gasteiger partial charge in [-0.05, 0) is 30.7 Å². The van der Waals surface area contributed by atoms with Gasteiger partial charge in [-0.25, -0.2) is 0 Å². The van der Waals surface area contributed by atoms with E-state index in [4.69, 9.17) is 5.73 Å². The maximum atomic E-state index is 11.9. The molecule has 0 aliphatic heterocycles. The van der Waals surface area contributed by atoms with Crippen molar-refractivity contribution >= 4 is 27.9 Å². The van der Waals surface area contributed by atoms with Crippen LogP contribution >= 0.6 is 11.3 Å². The summed E-state index contributed by atoms with van der Waals surface area (Å²) in [5.74, 6) is 1.46. The zero-order chi connectivity index (χ0) is 14.5. The third-order valence-electron chi connectivity index (χ3n) is 3.74. The average molecular weight is 293 g/mol. The molecular formula is C15H23N3OS. The Hall–Kier alpha value is -1.49. The molecule has 1 aromatic heterocycles. The Bertz CT molecular complexity index is 483. The Balaban J connectivity index is 1.89. The number of hydrogen-bond donors (Lipinski definition) is 3. The quantitative estimate of drug-likeness (QED) is 0.706. The number of carbonyl (C=O) groups is 1. The fourth-order valence-corrected chi connectivity index (χ4v) is 3.57. The van der Waals surface area contributed by atoms with Crippen LogP contribution in [-0.4, -0.2) is 19.0 Å². The van der Waals surface area contributed by atoms with Gasteiger partial charge in [0.1, 0.15) is 4.88 Å². The molecule has 1 aliphatic carbocycles. The van der Waals surface area contributed by atoms with Crippen LogP contribution in [0.1, 0.15) is 35.9 Å². The molecule has 2 rings (SSSR count). The zero-order valence-corrected chi connectivity index (χ0v) is 12.8. The predicted octanol–water partition coefficient (Wildman–Crippen LogP) is 3.09.